The van der Waals surface area contributed by atoms with Gasteiger partial charge in [-0.2, -0.15) is 0 Å². The maximum atomic E-state index is 11.8. The van der Waals surface area contributed by atoms with Gasteiger partial charge in [0.1, 0.15) is 0 Å². The fourth-order valence-corrected chi connectivity index (χ4v) is 2.37. The number of hydrogen-bond donors (Lipinski definition) is 1. The predicted molar refractivity (Wildman–Crippen MR) is 62.7 cm³/mol. The highest BCUT2D eigenvalue weighted by Gasteiger charge is 2.18. The summed E-state index contributed by atoms with van der Waals surface area (Å²) >= 11 is 7.18. The van der Waals surface area contributed by atoms with Crippen molar-refractivity contribution < 1.29 is 9.53 Å². The lowest BCUT2D eigenvalue weighted by Gasteiger charge is -2.08. The molecule has 15 heavy (non-hydrogen) atoms. The van der Waals surface area contributed by atoms with Crippen LogP contribution in [0.3, 0.4) is 0 Å². The number of halogens is 1. The summed E-state index contributed by atoms with van der Waals surface area (Å²) < 4.78 is 4.90. The molecule has 2 N–H and O–H groups in total. The number of ketones is 1. The summed E-state index contributed by atoms with van der Waals surface area (Å²) in [4.78, 5) is 12.3. The molecular formula is C10H14ClNO2S. The quantitative estimate of drug-likeness (QED) is 0.620. The van der Waals surface area contributed by atoms with Gasteiger partial charge in [-0.25, -0.2) is 0 Å². The lowest BCUT2D eigenvalue weighted by molar-refractivity contribution is 0.0954. The summed E-state index contributed by atoms with van der Waals surface area (Å²) in [5.41, 5.74) is 5.76. The molecule has 0 spiro atoms. The van der Waals surface area contributed by atoms with Crippen LogP contribution in [-0.4, -0.2) is 25.5 Å². The van der Waals surface area contributed by atoms with Crippen LogP contribution in [0.2, 0.25) is 5.02 Å². The van der Waals surface area contributed by atoms with Gasteiger partial charge < -0.3 is 10.5 Å². The van der Waals surface area contributed by atoms with Crippen molar-refractivity contribution in [1.82, 2.24) is 0 Å². The molecule has 0 saturated carbocycles. The fraction of sp³-hybridized carbons (Fsp3) is 0.500. The van der Waals surface area contributed by atoms with E-state index in [0.717, 1.165) is 6.42 Å². The Bertz CT molecular complexity index is 327. The van der Waals surface area contributed by atoms with Crippen molar-refractivity contribution in [3.63, 3.8) is 0 Å². The minimum Gasteiger partial charge on any atom is -0.385 e. The lowest BCUT2D eigenvalue weighted by atomic mass is 10.1. The van der Waals surface area contributed by atoms with Crippen LogP contribution in [0.1, 0.15) is 22.5 Å². The average molecular weight is 248 g/mol. The zero-order valence-corrected chi connectivity index (χ0v) is 10.1. The molecular weight excluding hydrogens is 234 g/mol. The van der Waals surface area contributed by atoms with Crippen molar-refractivity contribution in [2.24, 2.45) is 5.73 Å². The standard InChI is InChI=1S/C10H14ClNO2S/c1-14-5-2-3-8(12)9(13)10-7(11)4-6-15-10/h4,6,8H,2-3,5,12H2,1H3. The van der Waals surface area contributed by atoms with Gasteiger partial charge in [0.15, 0.2) is 5.78 Å². The number of carbonyl (C=O) groups is 1. The highest BCUT2D eigenvalue weighted by molar-refractivity contribution is 7.12. The first kappa shape index (κ1) is 12.6. The number of carbonyl (C=O) groups excluding carboxylic acids is 1. The van der Waals surface area contributed by atoms with Crippen molar-refractivity contribution in [3.8, 4) is 0 Å². The van der Waals surface area contributed by atoms with Gasteiger partial charge in [0.25, 0.3) is 0 Å². The van der Waals surface area contributed by atoms with E-state index in [1.54, 1.807) is 18.6 Å². The topological polar surface area (TPSA) is 52.3 Å². The van der Waals surface area contributed by atoms with Crippen LogP contribution in [0.15, 0.2) is 11.4 Å². The van der Waals surface area contributed by atoms with E-state index in [-0.39, 0.29) is 5.78 Å². The Morgan fingerprint density at radius 3 is 3.00 bits per heavy atom. The summed E-state index contributed by atoms with van der Waals surface area (Å²) in [7, 11) is 1.63. The van der Waals surface area contributed by atoms with E-state index < -0.39 is 6.04 Å². The zero-order valence-electron chi connectivity index (χ0n) is 8.53. The first-order valence-electron chi connectivity index (χ1n) is 4.68. The summed E-state index contributed by atoms with van der Waals surface area (Å²) in [5.74, 6) is -0.0777. The van der Waals surface area contributed by atoms with Crippen molar-refractivity contribution in [2.75, 3.05) is 13.7 Å². The van der Waals surface area contributed by atoms with Crippen LogP contribution in [0.25, 0.3) is 0 Å². The second kappa shape index (κ2) is 6.23. The highest BCUT2D eigenvalue weighted by atomic mass is 35.5. The molecule has 0 radical (unpaired) electrons. The molecule has 0 aliphatic carbocycles. The molecule has 0 aromatic carbocycles. The van der Waals surface area contributed by atoms with Crippen LogP contribution >= 0.6 is 22.9 Å². The molecule has 1 rings (SSSR count). The fourth-order valence-electron chi connectivity index (χ4n) is 1.22. The molecule has 1 unspecified atom stereocenters. The number of nitrogens with two attached hydrogens (primary N) is 1. The van der Waals surface area contributed by atoms with E-state index in [1.807, 2.05) is 0 Å². The van der Waals surface area contributed by atoms with Gasteiger partial charge in [-0.3, -0.25) is 4.79 Å². The molecule has 0 amide bonds. The van der Waals surface area contributed by atoms with E-state index in [4.69, 9.17) is 22.1 Å². The van der Waals surface area contributed by atoms with Gasteiger partial charge in [0.2, 0.25) is 0 Å². The number of rotatable bonds is 6. The van der Waals surface area contributed by atoms with Gasteiger partial charge in [0.05, 0.1) is 15.9 Å². The second-order valence-corrected chi connectivity index (χ2v) is 4.53. The monoisotopic (exact) mass is 247 g/mol. The predicted octanol–water partition coefficient (Wildman–Crippen LogP) is 2.34. The molecule has 0 fully saturated rings. The maximum absolute atomic E-state index is 11.8. The van der Waals surface area contributed by atoms with E-state index in [1.165, 1.54) is 11.3 Å². The number of thiophene rings is 1. The SMILES string of the molecule is COCCCC(N)C(=O)c1sccc1Cl. The van der Waals surface area contributed by atoms with Crippen LogP contribution in [0, 0.1) is 0 Å². The molecule has 1 heterocycles. The Morgan fingerprint density at radius 2 is 2.47 bits per heavy atom. The Balaban J connectivity index is 2.50. The minimum atomic E-state index is -0.476. The number of Topliss-reactive ketones (excluding diaryl/α,β-unsaturated/α-hetero) is 1. The van der Waals surface area contributed by atoms with Crippen molar-refractivity contribution in [3.05, 3.63) is 21.3 Å². The molecule has 1 aromatic heterocycles. The molecule has 0 saturated heterocycles. The minimum absolute atomic E-state index is 0.0777. The number of hydrogen-bond acceptors (Lipinski definition) is 4. The Morgan fingerprint density at radius 1 is 1.73 bits per heavy atom. The smallest absolute Gasteiger partial charge is 0.190 e. The Kier molecular flexibility index (Phi) is 5.25. The molecule has 5 heteroatoms. The number of ether oxygens (including phenoxy) is 1. The summed E-state index contributed by atoms with van der Waals surface area (Å²) in [6, 6.07) is 1.23. The third kappa shape index (κ3) is 3.57. The van der Waals surface area contributed by atoms with Gasteiger partial charge in [-0.15, -0.1) is 11.3 Å². The van der Waals surface area contributed by atoms with Crippen molar-refractivity contribution in [2.45, 2.75) is 18.9 Å². The van der Waals surface area contributed by atoms with Gasteiger partial charge >= 0.3 is 0 Å². The van der Waals surface area contributed by atoms with Crippen molar-refractivity contribution >= 4 is 28.7 Å². The Labute approximate surface area is 98.2 Å². The molecule has 1 atom stereocenters. The first-order chi connectivity index (χ1) is 7.16. The number of methoxy groups -OCH3 is 1. The van der Waals surface area contributed by atoms with Gasteiger partial charge in [-0.1, -0.05) is 11.6 Å². The maximum Gasteiger partial charge on any atom is 0.190 e. The molecule has 3 nitrogen and oxygen atoms in total. The largest absolute Gasteiger partial charge is 0.385 e. The normalized spacial score (nSPS) is 12.7. The van der Waals surface area contributed by atoms with E-state index in [9.17, 15) is 4.79 Å². The zero-order chi connectivity index (χ0) is 11.3. The summed E-state index contributed by atoms with van der Waals surface area (Å²) in [6.45, 7) is 0.624. The van der Waals surface area contributed by atoms with E-state index in [2.05, 4.69) is 0 Å². The second-order valence-electron chi connectivity index (χ2n) is 3.20. The van der Waals surface area contributed by atoms with Gasteiger partial charge in [0, 0.05) is 13.7 Å². The van der Waals surface area contributed by atoms with Crippen LogP contribution < -0.4 is 5.73 Å². The third-order valence-corrected chi connectivity index (χ3v) is 3.40. The molecule has 84 valence electrons. The Hall–Kier alpha value is -0.420. The lowest BCUT2D eigenvalue weighted by Crippen LogP contribution is -2.30. The molecule has 0 aliphatic rings. The van der Waals surface area contributed by atoms with Crippen LogP contribution in [0.4, 0.5) is 0 Å². The molecule has 0 aliphatic heterocycles. The highest BCUT2D eigenvalue weighted by Crippen LogP contribution is 2.23. The van der Waals surface area contributed by atoms with Crippen molar-refractivity contribution in [1.29, 1.82) is 0 Å². The molecule has 1 aromatic rings. The molecule has 0 bridgehead atoms. The summed E-state index contributed by atoms with van der Waals surface area (Å²) in [5, 5.41) is 2.28. The summed E-state index contributed by atoms with van der Waals surface area (Å²) in [6.07, 6.45) is 1.41. The van der Waals surface area contributed by atoms with E-state index in [0.29, 0.717) is 22.9 Å². The van der Waals surface area contributed by atoms with E-state index >= 15 is 0 Å². The van der Waals surface area contributed by atoms with Crippen LogP contribution in [0.5, 0.6) is 0 Å². The first-order valence-corrected chi connectivity index (χ1v) is 5.94. The van der Waals surface area contributed by atoms with Gasteiger partial charge in [-0.05, 0) is 24.3 Å². The van der Waals surface area contributed by atoms with Crippen LogP contribution in [-0.2, 0) is 4.74 Å². The average Bonchev–Trinajstić information content (AvgIpc) is 2.63. The third-order valence-electron chi connectivity index (χ3n) is 2.04.